The van der Waals surface area contributed by atoms with E-state index in [1.54, 1.807) is 0 Å². The highest BCUT2D eigenvalue weighted by atomic mass is 15.0. The number of nitrogens with one attached hydrogen (secondary N) is 1. The van der Waals surface area contributed by atoms with Crippen molar-refractivity contribution in [3.63, 3.8) is 0 Å². The molecule has 1 saturated heterocycles. The molecule has 1 heterocycles. The summed E-state index contributed by atoms with van der Waals surface area (Å²) in [6.45, 7) is 8.10. The average Bonchev–Trinajstić information content (AvgIpc) is 3.26. The van der Waals surface area contributed by atoms with Gasteiger partial charge in [-0.05, 0) is 61.1 Å². The third kappa shape index (κ3) is 3.51. The molecule has 0 spiro atoms. The standard InChI is InChI=1S/C20H31N/c1-19(2,3)17-9-7-16(8-10-17)15-20(18-11-12-18)13-5-4-6-14-21-20/h7-10,18,21H,4-6,11-15H2,1-3H3. The lowest BCUT2D eigenvalue weighted by molar-refractivity contribution is 0.271. The number of hydrogen-bond donors (Lipinski definition) is 1. The van der Waals surface area contributed by atoms with Crippen molar-refractivity contribution in [2.45, 2.75) is 76.7 Å². The Morgan fingerprint density at radius 2 is 1.76 bits per heavy atom. The molecular formula is C20H31N. The molecule has 1 N–H and O–H groups in total. The molecule has 21 heavy (non-hydrogen) atoms. The average molecular weight is 285 g/mol. The second kappa shape index (κ2) is 5.76. The second-order valence-corrected chi connectivity index (χ2v) is 8.29. The Labute approximate surface area is 130 Å². The van der Waals surface area contributed by atoms with Gasteiger partial charge in [0, 0.05) is 5.54 Å². The number of rotatable bonds is 3. The van der Waals surface area contributed by atoms with Crippen LogP contribution in [0, 0.1) is 5.92 Å². The van der Waals surface area contributed by atoms with E-state index in [4.69, 9.17) is 0 Å². The smallest absolute Gasteiger partial charge is 0.0249 e. The van der Waals surface area contributed by atoms with Crippen molar-refractivity contribution in [2.24, 2.45) is 5.92 Å². The zero-order chi connectivity index (χ0) is 14.9. The third-order valence-electron chi connectivity index (χ3n) is 5.48. The largest absolute Gasteiger partial charge is 0.311 e. The van der Waals surface area contributed by atoms with Gasteiger partial charge in [0.1, 0.15) is 0 Å². The van der Waals surface area contributed by atoms with Crippen molar-refractivity contribution in [2.75, 3.05) is 6.54 Å². The first-order valence-corrected chi connectivity index (χ1v) is 8.84. The fourth-order valence-corrected chi connectivity index (χ4v) is 3.93. The van der Waals surface area contributed by atoms with Gasteiger partial charge in [-0.25, -0.2) is 0 Å². The van der Waals surface area contributed by atoms with Crippen LogP contribution in [0.15, 0.2) is 24.3 Å². The van der Waals surface area contributed by atoms with E-state index in [9.17, 15) is 0 Å². The van der Waals surface area contributed by atoms with Crippen molar-refractivity contribution in [1.82, 2.24) is 5.32 Å². The van der Waals surface area contributed by atoms with E-state index in [0.29, 0.717) is 5.54 Å². The summed E-state index contributed by atoms with van der Waals surface area (Å²) in [5.41, 5.74) is 3.62. The van der Waals surface area contributed by atoms with Crippen molar-refractivity contribution < 1.29 is 0 Å². The molecule has 0 aromatic heterocycles. The van der Waals surface area contributed by atoms with Gasteiger partial charge in [0.2, 0.25) is 0 Å². The first kappa shape index (κ1) is 15.1. The molecule has 116 valence electrons. The SMILES string of the molecule is CC(C)(C)c1ccc(CC2(C3CC3)CCCCCN2)cc1. The molecule has 0 radical (unpaired) electrons. The highest BCUT2D eigenvalue weighted by Gasteiger charge is 2.44. The lowest BCUT2D eigenvalue weighted by Gasteiger charge is -2.35. The predicted octanol–water partition coefficient (Wildman–Crippen LogP) is 4.84. The molecule has 1 aromatic rings. The first-order chi connectivity index (χ1) is 10.00. The number of benzene rings is 1. The van der Waals surface area contributed by atoms with Crippen LogP contribution in [0.25, 0.3) is 0 Å². The van der Waals surface area contributed by atoms with Gasteiger partial charge in [-0.15, -0.1) is 0 Å². The van der Waals surface area contributed by atoms with E-state index in [-0.39, 0.29) is 5.41 Å². The third-order valence-corrected chi connectivity index (χ3v) is 5.48. The Hall–Kier alpha value is -0.820. The maximum Gasteiger partial charge on any atom is 0.0249 e. The van der Waals surface area contributed by atoms with Crippen LogP contribution < -0.4 is 5.32 Å². The second-order valence-electron chi connectivity index (χ2n) is 8.29. The summed E-state index contributed by atoms with van der Waals surface area (Å²) in [4.78, 5) is 0. The van der Waals surface area contributed by atoms with Crippen LogP contribution >= 0.6 is 0 Å². The summed E-state index contributed by atoms with van der Waals surface area (Å²) in [5, 5.41) is 3.95. The molecule has 3 rings (SSSR count). The minimum absolute atomic E-state index is 0.257. The molecule has 1 atom stereocenters. The van der Waals surface area contributed by atoms with Crippen LogP contribution in [0.5, 0.6) is 0 Å². The van der Waals surface area contributed by atoms with E-state index in [1.807, 2.05) is 0 Å². The van der Waals surface area contributed by atoms with Crippen molar-refractivity contribution in [1.29, 1.82) is 0 Å². The van der Waals surface area contributed by atoms with E-state index < -0.39 is 0 Å². The molecule has 1 nitrogen and oxygen atoms in total. The van der Waals surface area contributed by atoms with Crippen molar-refractivity contribution in [3.8, 4) is 0 Å². The molecule has 1 unspecified atom stereocenters. The molecule has 2 aliphatic rings. The Balaban J connectivity index is 1.76. The summed E-state index contributed by atoms with van der Waals surface area (Å²) >= 11 is 0. The van der Waals surface area contributed by atoms with E-state index >= 15 is 0 Å². The normalized spacial score (nSPS) is 27.4. The molecule has 2 fully saturated rings. The molecule has 1 heteroatoms. The van der Waals surface area contributed by atoms with Gasteiger partial charge in [0.05, 0.1) is 0 Å². The maximum atomic E-state index is 3.95. The molecule has 1 aliphatic heterocycles. The van der Waals surface area contributed by atoms with Gasteiger partial charge in [-0.2, -0.15) is 0 Å². The van der Waals surface area contributed by atoms with E-state index in [1.165, 1.54) is 62.6 Å². The summed E-state index contributed by atoms with van der Waals surface area (Å²) in [6, 6.07) is 9.42. The van der Waals surface area contributed by atoms with Gasteiger partial charge >= 0.3 is 0 Å². The van der Waals surface area contributed by atoms with Gasteiger partial charge in [-0.3, -0.25) is 0 Å². The van der Waals surface area contributed by atoms with Crippen molar-refractivity contribution in [3.05, 3.63) is 35.4 Å². The minimum Gasteiger partial charge on any atom is -0.311 e. The van der Waals surface area contributed by atoms with Crippen LogP contribution in [0.2, 0.25) is 0 Å². The molecule has 1 aromatic carbocycles. The van der Waals surface area contributed by atoms with Gasteiger partial charge < -0.3 is 5.32 Å². The molecule has 0 amide bonds. The lowest BCUT2D eigenvalue weighted by Crippen LogP contribution is -2.48. The fraction of sp³-hybridized carbons (Fsp3) is 0.700. The molecule has 0 bridgehead atoms. The van der Waals surface area contributed by atoms with Gasteiger partial charge in [-0.1, -0.05) is 57.9 Å². The van der Waals surface area contributed by atoms with E-state index in [2.05, 4.69) is 50.4 Å². The quantitative estimate of drug-likeness (QED) is 0.838. The first-order valence-electron chi connectivity index (χ1n) is 8.84. The van der Waals surface area contributed by atoms with Gasteiger partial charge in [0.25, 0.3) is 0 Å². The van der Waals surface area contributed by atoms with Crippen LogP contribution in [-0.2, 0) is 11.8 Å². The van der Waals surface area contributed by atoms with E-state index in [0.717, 1.165) is 5.92 Å². The molecule has 1 saturated carbocycles. The predicted molar refractivity (Wildman–Crippen MR) is 90.8 cm³/mol. The van der Waals surface area contributed by atoms with Crippen LogP contribution in [0.1, 0.15) is 70.4 Å². The fourth-order valence-electron chi connectivity index (χ4n) is 3.93. The Morgan fingerprint density at radius 1 is 1.05 bits per heavy atom. The summed E-state index contributed by atoms with van der Waals surface area (Å²) in [7, 11) is 0. The zero-order valence-electron chi connectivity index (χ0n) is 14.0. The Bertz CT molecular complexity index is 454. The maximum absolute atomic E-state index is 3.95. The van der Waals surface area contributed by atoms with Crippen LogP contribution in [0.3, 0.4) is 0 Å². The minimum atomic E-state index is 0.257. The monoisotopic (exact) mass is 285 g/mol. The Morgan fingerprint density at radius 3 is 2.38 bits per heavy atom. The summed E-state index contributed by atoms with van der Waals surface area (Å²) < 4.78 is 0. The highest BCUT2D eigenvalue weighted by Crippen LogP contribution is 2.45. The highest BCUT2D eigenvalue weighted by molar-refractivity contribution is 5.29. The number of hydrogen-bond acceptors (Lipinski definition) is 1. The molecule has 1 aliphatic carbocycles. The van der Waals surface area contributed by atoms with Crippen molar-refractivity contribution >= 4 is 0 Å². The summed E-state index contributed by atoms with van der Waals surface area (Å²) in [5.74, 6) is 0.929. The zero-order valence-corrected chi connectivity index (χ0v) is 14.0. The van der Waals surface area contributed by atoms with Gasteiger partial charge in [0.15, 0.2) is 0 Å². The Kier molecular flexibility index (Phi) is 4.14. The molecular weight excluding hydrogens is 254 g/mol. The van der Waals surface area contributed by atoms with Crippen LogP contribution in [0.4, 0.5) is 0 Å². The lowest BCUT2D eigenvalue weighted by atomic mass is 9.81. The topological polar surface area (TPSA) is 12.0 Å². The van der Waals surface area contributed by atoms with Crippen LogP contribution in [-0.4, -0.2) is 12.1 Å². The summed E-state index contributed by atoms with van der Waals surface area (Å²) in [6.07, 6.45) is 9.65.